The zero-order chi connectivity index (χ0) is 24.6. The number of rotatable bonds is 6. The molecule has 1 aliphatic carbocycles. The molecule has 3 rings (SSSR count). The van der Waals surface area contributed by atoms with Gasteiger partial charge in [-0.1, -0.05) is 37.6 Å². The van der Waals surface area contributed by atoms with E-state index in [0.717, 1.165) is 30.3 Å². The molecule has 33 heavy (non-hydrogen) atoms. The Kier molecular flexibility index (Phi) is 6.70. The lowest BCUT2D eigenvalue weighted by Gasteiger charge is -2.14. The Morgan fingerprint density at radius 3 is 2.39 bits per heavy atom. The van der Waals surface area contributed by atoms with Crippen LogP contribution in [-0.4, -0.2) is 12.1 Å². The quantitative estimate of drug-likeness (QED) is 0.332. The second-order valence-corrected chi connectivity index (χ2v) is 8.44. The van der Waals surface area contributed by atoms with Crippen LogP contribution in [0.3, 0.4) is 0 Å². The highest BCUT2D eigenvalue weighted by Crippen LogP contribution is 2.60. The van der Waals surface area contributed by atoms with Crippen LogP contribution in [0.1, 0.15) is 25.5 Å². The monoisotopic (exact) mass is 485 g/mol. The average Bonchev–Trinajstić information content (AvgIpc) is 3.28. The number of nitriles is 1. The van der Waals surface area contributed by atoms with Crippen molar-refractivity contribution in [2.75, 3.05) is 0 Å². The molecule has 0 aliphatic heterocycles. The topological polar surface area (TPSA) is 59.3 Å². The van der Waals surface area contributed by atoms with Crippen molar-refractivity contribution in [3.8, 4) is 17.6 Å². The smallest absolute Gasteiger partial charge is 0.426 e. The summed E-state index contributed by atoms with van der Waals surface area (Å²) in [5, 5.41) is 8.13. The summed E-state index contributed by atoms with van der Waals surface area (Å²) in [7, 11) is 0. The number of esters is 1. The zero-order valence-corrected chi connectivity index (χ0v) is 18.0. The summed E-state index contributed by atoms with van der Waals surface area (Å²) in [6, 6.07) is 9.91. The Hall–Kier alpha value is -3.12. The van der Waals surface area contributed by atoms with Gasteiger partial charge in [-0.05, 0) is 47.7 Å². The van der Waals surface area contributed by atoms with Crippen LogP contribution in [-0.2, 0) is 9.53 Å². The van der Waals surface area contributed by atoms with E-state index in [1.165, 1.54) is 18.2 Å². The maximum atomic E-state index is 14.2. The van der Waals surface area contributed by atoms with Gasteiger partial charge in [0, 0.05) is 5.56 Å². The number of allylic oxidation sites excluding steroid dienone is 2. The lowest BCUT2D eigenvalue weighted by molar-refractivity contribution is -0.149. The van der Waals surface area contributed by atoms with Crippen molar-refractivity contribution >= 4 is 17.6 Å². The van der Waals surface area contributed by atoms with Crippen molar-refractivity contribution in [1.29, 1.82) is 5.26 Å². The van der Waals surface area contributed by atoms with E-state index < -0.39 is 52.2 Å². The van der Waals surface area contributed by atoms with E-state index in [9.17, 15) is 32.0 Å². The highest BCUT2D eigenvalue weighted by Gasteiger charge is 2.62. The Morgan fingerprint density at radius 2 is 1.82 bits per heavy atom. The molecule has 0 radical (unpaired) electrons. The molecule has 3 atom stereocenters. The molecule has 0 unspecified atom stereocenters. The third kappa shape index (κ3) is 5.45. The number of alkyl halides is 3. The molecular formula is C23H17ClF5NO3. The van der Waals surface area contributed by atoms with E-state index in [2.05, 4.69) is 0 Å². The van der Waals surface area contributed by atoms with Crippen LogP contribution >= 0.6 is 11.6 Å². The van der Waals surface area contributed by atoms with E-state index in [-0.39, 0.29) is 17.1 Å². The Bertz CT molecular complexity index is 1120. The number of benzene rings is 2. The first-order valence-corrected chi connectivity index (χ1v) is 10.00. The summed E-state index contributed by atoms with van der Waals surface area (Å²) in [6.07, 6.45) is -5.44. The van der Waals surface area contributed by atoms with Gasteiger partial charge in [-0.3, -0.25) is 4.79 Å². The van der Waals surface area contributed by atoms with E-state index in [1.54, 1.807) is 19.9 Å². The molecule has 2 aromatic rings. The van der Waals surface area contributed by atoms with Gasteiger partial charge >= 0.3 is 12.1 Å². The Labute approximate surface area is 191 Å². The van der Waals surface area contributed by atoms with Gasteiger partial charge in [0.15, 0.2) is 11.6 Å². The number of carbonyl (C=O) groups excluding carboxylic acids is 1. The van der Waals surface area contributed by atoms with Crippen molar-refractivity contribution in [2.24, 2.45) is 17.3 Å². The van der Waals surface area contributed by atoms with Crippen LogP contribution in [0.5, 0.6) is 11.5 Å². The van der Waals surface area contributed by atoms with Crippen molar-refractivity contribution in [1.82, 2.24) is 0 Å². The predicted octanol–water partition coefficient (Wildman–Crippen LogP) is 6.82. The first kappa shape index (κ1) is 24.5. The van der Waals surface area contributed by atoms with Crippen molar-refractivity contribution in [3.63, 3.8) is 0 Å². The van der Waals surface area contributed by atoms with Crippen LogP contribution < -0.4 is 4.74 Å². The van der Waals surface area contributed by atoms with Crippen molar-refractivity contribution in [2.45, 2.75) is 26.1 Å². The Balaban J connectivity index is 1.76. The van der Waals surface area contributed by atoms with Gasteiger partial charge in [0.05, 0.1) is 5.92 Å². The zero-order valence-electron chi connectivity index (χ0n) is 17.3. The molecule has 1 aliphatic rings. The van der Waals surface area contributed by atoms with Crippen LogP contribution in [0, 0.1) is 40.2 Å². The van der Waals surface area contributed by atoms with Gasteiger partial charge in [-0.15, -0.1) is 0 Å². The largest absolute Gasteiger partial charge is 0.454 e. The van der Waals surface area contributed by atoms with Gasteiger partial charge < -0.3 is 9.47 Å². The van der Waals surface area contributed by atoms with E-state index in [0.29, 0.717) is 0 Å². The second kappa shape index (κ2) is 9.02. The molecule has 0 bridgehead atoms. The molecule has 4 nitrogen and oxygen atoms in total. The fourth-order valence-corrected chi connectivity index (χ4v) is 3.58. The third-order valence-electron chi connectivity index (χ3n) is 5.41. The third-order valence-corrected chi connectivity index (χ3v) is 5.75. The molecule has 1 saturated carbocycles. The molecule has 0 aromatic heterocycles. The van der Waals surface area contributed by atoms with Crippen LogP contribution in [0.25, 0.3) is 0 Å². The number of hydrogen-bond donors (Lipinski definition) is 0. The molecule has 1 fully saturated rings. The van der Waals surface area contributed by atoms with Gasteiger partial charge in [0.1, 0.15) is 22.7 Å². The highest BCUT2D eigenvalue weighted by atomic mass is 35.5. The lowest BCUT2D eigenvalue weighted by atomic mass is 10.1. The first-order valence-electron chi connectivity index (χ1n) is 9.62. The summed E-state index contributed by atoms with van der Waals surface area (Å²) < 4.78 is 76.0. The fraction of sp³-hybridized carbons (Fsp3) is 0.304. The van der Waals surface area contributed by atoms with E-state index in [1.807, 2.05) is 0 Å². The molecule has 0 spiro atoms. The lowest BCUT2D eigenvalue weighted by Crippen LogP contribution is -2.15. The number of hydrogen-bond acceptors (Lipinski definition) is 4. The normalized spacial score (nSPS) is 20.5. The number of ether oxygens (including phenoxy) is 2. The van der Waals surface area contributed by atoms with Gasteiger partial charge in [-0.2, -0.15) is 18.4 Å². The summed E-state index contributed by atoms with van der Waals surface area (Å²) in [6.45, 7) is 3.16. The minimum atomic E-state index is -4.74. The number of nitrogens with zero attached hydrogens (tertiary/aromatic N) is 1. The summed E-state index contributed by atoms with van der Waals surface area (Å²) in [5.41, 5.74) is -0.773. The second-order valence-electron chi connectivity index (χ2n) is 8.03. The molecule has 2 aromatic carbocycles. The predicted molar refractivity (Wildman–Crippen MR) is 108 cm³/mol. The first-order chi connectivity index (χ1) is 15.3. The molecule has 0 N–H and O–H groups in total. The highest BCUT2D eigenvalue weighted by molar-refractivity contribution is 6.30. The Morgan fingerprint density at radius 1 is 1.18 bits per heavy atom. The van der Waals surface area contributed by atoms with Gasteiger partial charge in [0.25, 0.3) is 0 Å². The minimum Gasteiger partial charge on any atom is -0.454 e. The summed E-state index contributed by atoms with van der Waals surface area (Å²) in [5.74, 6) is -4.11. The van der Waals surface area contributed by atoms with Gasteiger partial charge in [0.2, 0.25) is 6.10 Å². The van der Waals surface area contributed by atoms with E-state index >= 15 is 0 Å². The minimum absolute atomic E-state index is 0.0863. The van der Waals surface area contributed by atoms with Crippen LogP contribution in [0.15, 0.2) is 53.6 Å². The van der Waals surface area contributed by atoms with Crippen molar-refractivity contribution in [3.05, 3.63) is 70.8 Å². The van der Waals surface area contributed by atoms with E-state index in [4.69, 9.17) is 21.1 Å². The molecule has 0 amide bonds. The van der Waals surface area contributed by atoms with Gasteiger partial charge in [-0.25, -0.2) is 8.78 Å². The molecule has 174 valence electrons. The maximum absolute atomic E-state index is 14.2. The standard InChI is InChI=1S/C23H17ClF5NO3/c1-22(2)15(10-19(24)23(27,28)29)20(22)21(31)33-18(11-30)12-3-8-16(26)17(9-12)32-14-6-4-13(25)5-7-14/h3-10,15,18,20H,1-2H3/b19-10-/t15-,18+,20-/m0/s1. The van der Waals surface area contributed by atoms with Crippen molar-refractivity contribution < 1.29 is 36.2 Å². The molecular weight excluding hydrogens is 469 g/mol. The molecule has 0 saturated heterocycles. The maximum Gasteiger partial charge on any atom is 0.426 e. The molecule has 0 heterocycles. The summed E-state index contributed by atoms with van der Waals surface area (Å²) >= 11 is 5.29. The average molecular weight is 486 g/mol. The van der Waals surface area contributed by atoms with Crippen LogP contribution in [0.4, 0.5) is 22.0 Å². The molecule has 10 heteroatoms. The number of halogens is 6. The number of carbonyl (C=O) groups is 1. The SMILES string of the molecule is CC1(C)[C@H](C(=O)O[C@H](C#N)c2ccc(F)c(Oc3ccc(F)cc3)c2)[C@@H]1/C=C(\Cl)C(F)(F)F. The fourth-order valence-electron chi connectivity index (χ4n) is 3.44. The summed E-state index contributed by atoms with van der Waals surface area (Å²) in [4.78, 5) is 12.6. The van der Waals surface area contributed by atoms with Crippen LogP contribution in [0.2, 0.25) is 0 Å².